The van der Waals surface area contributed by atoms with Gasteiger partial charge in [0.15, 0.2) is 5.75 Å². The standard InChI is InChI=1S/C24H18F3N3O3/c1-28-23-29-12-19-17(15-4-3-5-16(10-15)24(25,26)27)11-18(21(33-2)20(19)30-23)13-6-8-14(9-7-13)22(31)32/h3-12H,1-2H3,(H,31,32)(H,28,29,30). The Morgan fingerprint density at radius 3 is 2.36 bits per heavy atom. The van der Waals surface area contributed by atoms with Crippen molar-refractivity contribution in [2.75, 3.05) is 19.5 Å². The van der Waals surface area contributed by atoms with E-state index in [4.69, 9.17) is 4.74 Å². The van der Waals surface area contributed by atoms with Crippen molar-refractivity contribution >= 4 is 22.8 Å². The van der Waals surface area contributed by atoms with Crippen molar-refractivity contribution in [2.24, 2.45) is 0 Å². The lowest BCUT2D eigenvalue weighted by Crippen LogP contribution is -2.05. The molecule has 4 rings (SSSR count). The zero-order valence-electron chi connectivity index (χ0n) is 17.6. The number of rotatable bonds is 5. The number of carboxylic acid groups (broad SMARTS) is 1. The van der Waals surface area contributed by atoms with E-state index in [9.17, 15) is 23.1 Å². The fraction of sp³-hybridized carbons (Fsp3) is 0.125. The van der Waals surface area contributed by atoms with Crippen LogP contribution in [0.25, 0.3) is 33.2 Å². The third-order valence-corrected chi connectivity index (χ3v) is 5.20. The largest absolute Gasteiger partial charge is 0.494 e. The normalized spacial score (nSPS) is 11.4. The Morgan fingerprint density at radius 2 is 1.76 bits per heavy atom. The van der Waals surface area contributed by atoms with Crippen LogP contribution < -0.4 is 10.1 Å². The second-order valence-electron chi connectivity index (χ2n) is 7.17. The van der Waals surface area contributed by atoms with E-state index in [1.807, 2.05) is 0 Å². The van der Waals surface area contributed by atoms with Gasteiger partial charge in [-0.1, -0.05) is 24.3 Å². The van der Waals surface area contributed by atoms with E-state index in [1.165, 1.54) is 31.5 Å². The summed E-state index contributed by atoms with van der Waals surface area (Å²) in [5, 5.41) is 12.5. The topological polar surface area (TPSA) is 84.3 Å². The number of benzene rings is 3. The lowest BCUT2D eigenvalue weighted by molar-refractivity contribution is -0.137. The zero-order valence-corrected chi connectivity index (χ0v) is 17.6. The van der Waals surface area contributed by atoms with Gasteiger partial charge in [0.25, 0.3) is 0 Å². The summed E-state index contributed by atoms with van der Waals surface area (Å²) < 4.78 is 45.7. The van der Waals surface area contributed by atoms with Crippen molar-refractivity contribution in [3.8, 4) is 28.0 Å². The van der Waals surface area contributed by atoms with Crippen molar-refractivity contribution in [3.05, 3.63) is 71.9 Å². The average molecular weight is 453 g/mol. The van der Waals surface area contributed by atoms with Crippen LogP contribution in [0.1, 0.15) is 15.9 Å². The molecule has 0 aliphatic rings. The van der Waals surface area contributed by atoms with Crippen LogP contribution >= 0.6 is 0 Å². The number of hydrogen-bond acceptors (Lipinski definition) is 5. The molecule has 3 aromatic carbocycles. The van der Waals surface area contributed by atoms with E-state index >= 15 is 0 Å². The second kappa shape index (κ2) is 8.42. The maximum atomic E-state index is 13.4. The molecule has 1 aromatic heterocycles. The Morgan fingerprint density at radius 1 is 1.03 bits per heavy atom. The number of methoxy groups -OCH3 is 1. The summed E-state index contributed by atoms with van der Waals surface area (Å²) in [4.78, 5) is 19.9. The van der Waals surface area contributed by atoms with Gasteiger partial charge in [-0.3, -0.25) is 0 Å². The fourth-order valence-electron chi connectivity index (χ4n) is 3.60. The quantitative estimate of drug-likeness (QED) is 0.401. The van der Waals surface area contributed by atoms with E-state index in [0.717, 1.165) is 12.1 Å². The highest BCUT2D eigenvalue weighted by molar-refractivity contribution is 6.03. The molecule has 0 aliphatic heterocycles. The number of nitrogens with one attached hydrogen (secondary N) is 1. The van der Waals surface area contributed by atoms with E-state index in [1.54, 1.807) is 31.3 Å². The Bertz CT molecular complexity index is 1350. The Labute approximate surface area is 186 Å². The first kappa shape index (κ1) is 22.1. The van der Waals surface area contributed by atoms with Crippen molar-refractivity contribution in [1.82, 2.24) is 9.97 Å². The van der Waals surface area contributed by atoms with Crippen molar-refractivity contribution < 1.29 is 27.8 Å². The van der Waals surface area contributed by atoms with E-state index in [2.05, 4.69) is 15.3 Å². The molecule has 0 atom stereocenters. The molecule has 33 heavy (non-hydrogen) atoms. The number of anilines is 1. The van der Waals surface area contributed by atoms with Gasteiger partial charge in [0.1, 0.15) is 5.52 Å². The molecular weight excluding hydrogens is 435 g/mol. The third kappa shape index (κ3) is 4.17. The molecule has 168 valence electrons. The van der Waals surface area contributed by atoms with E-state index < -0.39 is 17.7 Å². The van der Waals surface area contributed by atoms with Crippen LogP contribution in [0.4, 0.5) is 19.1 Å². The van der Waals surface area contributed by atoms with Crippen molar-refractivity contribution in [3.63, 3.8) is 0 Å². The van der Waals surface area contributed by atoms with Gasteiger partial charge in [0.2, 0.25) is 5.95 Å². The van der Waals surface area contributed by atoms with Gasteiger partial charge in [-0.2, -0.15) is 13.2 Å². The molecule has 0 aliphatic carbocycles. The SMILES string of the molecule is CNc1ncc2c(-c3cccc(C(F)(F)F)c3)cc(-c3ccc(C(=O)O)cc3)c(OC)c2n1. The number of fused-ring (bicyclic) bond motifs is 1. The number of carboxylic acids is 1. The minimum Gasteiger partial charge on any atom is -0.494 e. The van der Waals surface area contributed by atoms with Crippen molar-refractivity contribution in [2.45, 2.75) is 6.18 Å². The van der Waals surface area contributed by atoms with E-state index in [0.29, 0.717) is 44.9 Å². The lowest BCUT2D eigenvalue weighted by atomic mass is 9.93. The highest BCUT2D eigenvalue weighted by atomic mass is 19.4. The van der Waals surface area contributed by atoms with Crippen LogP contribution in [0.15, 0.2) is 60.8 Å². The molecule has 0 saturated carbocycles. The van der Waals surface area contributed by atoms with Crippen LogP contribution in [-0.2, 0) is 6.18 Å². The molecule has 6 nitrogen and oxygen atoms in total. The molecule has 0 bridgehead atoms. The Balaban J connectivity index is 2.04. The number of ether oxygens (including phenoxy) is 1. The molecule has 2 N–H and O–H groups in total. The summed E-state index contributed by atoms with van der Waals surface area (Å²) in [6.07, 6.45) is -2.97. The maximum Gasteiger partial charge on any atom is 0.416 e. The summed E-state index contributed by atoms with van der Waals surface area (Å²) >= 11 is 0. The van der Waals surface area contributed by atoms with Gasteiger partial charge in [-0.05, 0) is 47.0 Å². The number of nitrogens with zero attached hydrogens (tertiary/aromatic N) is 2. The van der Waals surface area contributed by atoms with Gasteiger partial charge in [0, 0.05) is 24.2 Å². The summed E-state index contributed by atoms with van der Waals surface area (Å²) in [5.41, 5.74) is 1.73. The van der Waals surface area contributed by atoms with Crippen LogP contribution in [0.2, 0.25) is 0 Å². The third-order valence-electron chi connectivity index (χ3n) is 5.20. The number of halogens is 3. The van der Waals surface area contributed by atoms with Gasteiger partial charge >= 0.3 is 12.1 Å². The zero-order chi connectivity index (χ0) is 23.8. The Kier molecular flexibility index (Phi) is 5.63. The molecule has 0 unspecified atom stereocenters. The van der Waals surface area contributed by atoms with Crippen LogP contribution in [0, 0.1) is 0 Å². The molecule has 9 heteroatoms. The summed E-state index contributed by atoms with van der Waals surface area (Å²) in [5.74, 6) is -0.361. The maximum absolute atomic E-state index is 13.4. The Hall–Kier alpha value is -4.14. The van der Waals surface area contributed by atoms with Crippen LogP contribution in [-0.4, -0.2) is 35.2 Å². The van der Waals surface area contributed by atoms with Crippen LogP contribution in [0.3, 0.4) is 0 Å². The highest BCUT2D eigenvalue weighted by Gasteiger charge is 2.30. The predicted molar refractivity (Wildman–Crippen MR) is 118 cm³/mol. The van der Waals surface area contributed by atoms with E-state index in [-0.39, 0.29) is 5.56 Å². The fourth-order valence-corrected chi connectivity index (χ4v) is 3.60. The first-order valence-corrected chi connectivity index (χ1v) is 9.79. The van der Waals surface area contributed by atoms with Gasteiger partial charge < -0.3 is 15.2 Å². The number of aromatic nitrogens is 2. The predicted octanol–water partition coefficient (Wildman–Crippen LogP) is 5.73. The first-order chi connectivity index (χ1) is 15.7. The summed E-state index contributed by atoms with van der Waals surface area (Å²) in [6, 6.07) is 12.8. The molecule has 0 saturated heterocycles. The summed E-state index contributed by atoms with van der Waals surface area (Å²) in [6.45, 7) is 0. The monoisotopic (exact) mass is 453 g/mol. The molecule has 4 aromatic rings. The highest BCUT2D eigenvalue weighted by Crippen LogP contribution is 2.42. The molecule has 0 radical (unpaired) electrons. The molecule has 0 fully saturated rings. The molecule has 0 spiro atoms. The smallest absolute Gasteiger partial charge is 0.416 e. The minimum absolute atomic E-state index is 0.108. The first-order valence-electron chi connectivity index (χ1n) is 9.79. The second-order valence-corrected chi connectivity index (χ2v) is 7.17. The van der Waals surface area contributed by atoms with Crippen molar-refractivity contribution in [1.29, 1.82) is 0 Å². The molecule has 1 heterocycles. The van der Waals surface area contributed by atoms with Gasteiger partial charge in [-0.25, -0.2) is 14.8 Å². The molecular formula is C24H18F3N3O3. The van der Waals surface area contributed by atoms with Gasteiger partial charge in [-0.15, -0.1) is 0 Å². The molecule has 0 amide bonds. The van der Waals surface area contributed by atoms with Gasteiger partial charge in [0.05, 0.1) is 18.2 Å². The number of alkyl halides is 3. The summed E-state index contributed by atoms with van der Waals surface area (Å²) in [7, 11) is 3.12. The number of hydrogen-bond donors (Lipinski definition) is 2. The number of carbonyl (C=O) groups is 1. The minimum atomic E-state index is -4.50. The lowest BCUT2D eigenvalue weighted by Gasteiger charge is -2.17. The average Bonchev–Trinajstić information content (AvgIpc) is 2.82. The number of aromatic carboxylic acids is 1. The van der Waals surface area contributed by atoms with Crippen LogP contribution in [0.5, 0.6) is 5.75 Å².